The Morgan fingerprint density at radius 3 is 2.36 bits per heavy atom. The summed E-state index contributed by atoms with van der Waals surface area (Å²) in [6, 6.07) is 5.84. The van der Waals surface area contributed by atoms with Gasteiger partial charge in [-0.3, -0.25) is 9.59 Å². The molecule has 0 spiro atoms. The molecule has 1 aromatic carbocycles. The van der Waals surface area contributed by atoms with Gasteiger partial charge in [0.25, 0.3) is 5.91 Å². The molecule has 3 fully saturated rings. The van der Waals surface area contributed by atoms with Gasteiger partial charge in [0.15, 0.2) is 0 Å². The first-order chi connectivity index (χ1) is 15.7. The van der Waals surface area contributed by atoms with Crippen molar-refractivity contribution in [1.29, 1.82) is 0 Å². The molecule has 0 aromatic heterocycles. The predicted octanol–water partition coefficient (Wildman–Crippen LogP) is 5.00. The zero-order valence-electron chi connectivity index (χ0n) is 19.4. The first-order valence-corrected chi connectivity index (χ1v) is 12.2. The number of hydrogen-bond donors (Lipinski definition) is 2. The molecule has 174 valence electrons. The van der Waals surface area contributed by atoms with E-state index in [9.17, 15) is 14.4 Å². The minimum Gasteiger partial charge on any atom is -0.478 e. The maximum absolute atomic E-state index is 12.6. The van der Waals surface area contributed by atoms with Gasteiger partial charge in [0.05, 0.1) is 11.3 Å². The van der Waals surface area contributed by atoms with Crippen molar-refractivity contribution in [1.82, 2.24) is 5.43 Å². The lowest BCUT2D eigenvalue weighted by Gasteiger charge is -2.57. The van der Waals surface area contributed by atoms with Crippen molar-refractivity contribution in [3.05, 3.63) is 47.0 Å². The lowest BCUT2D eigenvalue weighted by atomic mass is 9.47. The highest BCUT2D eigenvalue weighted by molar-refractivity contribution is 6.00. The Kier molecular flexibility index (Phi) is 5.30. The summed E-state index contributed by atoms with van der Waals surface area (Å²) in [5, 5.41) is 13.4. The van der Waals surface area contributed by atoms with Crippen LogP contribution in [0.25, 0.3) is 0 Å². The summed E-state index contributed by atoms with van der Waals surface area (Å²) in [7, 11) is 0. The Hall–Kier alpha value is -2.76. The zero-order chi connectivity index (χ0) is 23.4. The molecule has 5 unspecified atom stereocenters. The van der Waals surface area contributed by atoms with Gasteiger partial charge in [0, 0.05) is 17.4 Å². The second-order valence-electron chi connectivity index (χ2n) is 10.8. The second kappa shape index (κ2) is 7.93. The molecular weight excluding hydrogens is 416 g/mol. The highest BCUT2D eigenvalue weighted by atomic mass is 16.4. The number of hydrogen-bond acceptors (Lipinski definition) is 4. The molecule has 0 radical (unpaired) electrons. The van der Waals surface area contributed by atoms with Crippen LogP contribution in [0.1, 0.15) is 85.9 Å². The summed E-state index contributed by atoms with van der Waals surface area (Å²) < 4.78 is 0. The second-order valence-corrected chi connectivity index (χ2v) is 10.8. The number of fused-ring (bicyclic) bond motifs is 5. The molecule has 5 rings (SSSR count). The first-order valence-electron chi connectivity index (χ1n) is 12.2. The van der Waals surface area contributed by atoms with Crippen LogP contribution < -0.4 is 5.43 Å². The Balaban J connectivity index is 1.30. The zero-order valence-corrected chi connectivity index (χ0v) is 19.4. The third-order valence-corrected chi connectivity index (χ3v) is 9.38. The average Bonchev–Trinajstić information content (AvgIpc) is 3.12. The number of nitrogens with zero attached hydrogens (tertiary/aromatic N) is 1. The predicted molar refractivity (Wildman–Crippen MR) is 125 cm³/mol. The fraction of sp³-hybridized carbons (Fsp3) is 0.556. The van der Waals surface area contributed by atoms with Gasteiger partial charge in [0.1, 0.15) is 5.78 Å². The summed E-state index contributed by atoms with van der Waals surface area (Å²) in [5.41, 5.74) is 5.58. The highest BCUT2D eigenvalue weighted by Gasteiger charge is 2.58. The number of ketones is 1. The van der Waals surface area contributed by atoms with Crippen LogP contribution in [0, 0.1) is 28.6 Å². The number of benzene rings is 1. The number of Topliss-reactive ketones (excluding diaryl/α,β-unsaturated/α-hetero) is 1. The van der Waals surface area contributed by atoms with Crippen LogP contribution in [-0.4, -0.2) is 28.5 Å². The van der Waals surface area contributed by atoms with Crippen LogP contribution in [0.5, 0.6) is 0 Å². The van der Waals surface area contributed by atoms with Crippen LogP contribution in [0.2, 0.25) is 0 Å². The molecule has 1 aromatic rings. The first kappa shape index (κ1) is 22.1. The van der Waals surface area contributed by atoms with Crippen molar-refractivity contribution in [2.45, 2.75) is 65.2 Å². The third-order valence-electron chi connectivity index (χ3n) is 9.38. The summed E-state index contributed by atoms with van der Waals surface area (Å²) in [5.74, 6) is 0.950. The molecule has 4 aliphatic carbocycles. The Bertz CT molecular complexity index is 1070. The van der Waals surface area contributed by atoms with E-state index < -0.39 is 5.97 Å². The van der Waals surface area contributed by atoms with Gasteiger partial charge in [0.2, 0.25) is 0 Å². The maximum atomic E-state index is 12.6. The lowest BCUT2D eigenvalue weighted by Crippen LogP contribution is -2.50. The molecule has 6 nitrogen and oxygen atoms in total. The van der Waals surface area contributed by atoms with E-state index in [1.54, 1.807) is 0 Å². The van der Waals surface area contributed by atoms with E-state index >= 15 is 0 Å². The number of carboxylic acid groups (broad SMARTS) is 1. The van der Waals surface area contributed by atoms with Crippen molar-refractivity contribution >= 4 is 23.4 Å². The molecule has 4 aliphatic rings. The molecule has 0 heterocycles. The number of carboxylic acids is 1. The molecule has 3 saturated carbocycles. The number of carbonyl (C=O) groups is 3. The fourth-order valence-electron chi connectivity index (χ4n) is 7.38. The third kappa shape index (κ3) is 3.54. The van der Waals surface area contributed by atoms with Crippen molar-refractivity contribution in [2.75, 3.05) is 0 Å². The van der Waals surface area contributed by atoms with E-state index in [1.165, 1.54) is 29.8 Å². The molecule has 33 heavy (non-hydrogen) atoms. The van der Waals surface area contributed by atoms with E-state index in [0.29, 0.717) is 29.1 Å². The van der Waals surface area contributed by atoms with Gasteiger partial charge in [-0.05, 0) is 98.5 Å². The van der Waals surface area contributed by atoms with Gasteiger partial charge in [-0.2, -0.15) is 5.10 Å². The van der Waals surface area contributed by atoms with Crippen molar-refractivity contribution < 1.29 is 19.5 Å². The summed E-state index contributed by atoms with van der Waals surface area (Å²) in [6.07, 6.45) is 10.2. The number of amides is 1. The Morgan fingerprint density at radius 1 is 0.939 bits per heavy atom. The smallest absolute Gasteiger partial charge is 0.335 e. The highest BCUT2D eigenvalue weighted by Crippen LogP contribution is 2.64. The topological polar surface area (TPSA) is 95.8 Å². The number of allylic oxidation sites excluding steroid dienone is 2. The van der Waals surface area contributed by atoms with E-state index in [2.05, 4.69) is 30.5 Å². The normalized spacial score (nSPS) is 36.4. The molecule has 0 saturated heterocycles. The van der Waals surface area contributed by atoms with Crippen LogP contribution in [0.15, 0.2) is 41.0 Å². The van der Waals surface area contributed by atoms with Crippen LogP contribution in [-0.2, 0) is 4.79 Å². The molecule has 0 aliphatic heterocycles. The number of rotatable bonds is 3. The maximum Gasteiger partial charge on any atom is 0.335 e. The number of nitrogens with one attached hydrogen (secondary N) is 1. The Labute approximate surface area is 194 Å². The number of carbonyl (C=O) groups excluding carboxylic acids is 2. The van der Waals surface area contributed by atoms with Gasteiger partial charge in [-0.1, -0.05) is 19.4 Å². The van der Waals surface area contributed by atoms with E-state index in [0.717, 1.165) is 57.1 Å². The van der Waals surface area contributed by atoms with Crippen LogP contribution >= 0.6 is 0 Å². The van der Waals surface area contributed by atoms with Crippen LogP contribution in [0.4, 0.5) is 0 Å². The molecule has 6 heteroatoms. The van der Waals surface area contributed by atoms with E-state index in [4.69, 9.17) is 5.11 Å². The largest absolute Gasteiger partial charge is 0.478 e. The molecule has 0 bridgehead atoms. The quantitative estimate of drug-likeness (QED) is 0.636. The number of aromatic carboxylic acids is 1. The van der Waals surface area contributed by atoms with Crippen molar-refractivity contribution in [3.63, 3.8) is 0 Å². The minimum absolute atomic E-state index is 0.0903. The minimum atomic E-state index is -1.02. The Morgan fingerprint density at radius 2 is 1.64 bits per heavy atom. The van der Waals surface area contributed by atoms with Crippen molar-refractivity contribution in [3.8, 4) is 0 Å². The summed E-state index contributed by atoms with van der Waals surface area (Å²) in [4.78, 5) is 36.0. The average molecular weight is 449 g/mol. The van der Waals surface area contributed by atoms with Gasteiger partial charge in [-0.25, -0.2) is 10.2 Å². The van der Waals surface area contributed by atoms with Crippen molar-refractivity contribution in [2.24, 2.45) is 33.7 Å². The number of hydrazone groups is 1. The monoisotopic (exact) mass is 448 g/mol. The summed E-state index contributed by atoms with van der Waals surface area (Å²) in [6.45, 7) is 4.63. The molecule has 5 atom stereocenters. The van der Waals surface area contributed by atoms with Gasteiger partial charge in [-0.15, -0.1) is 0 Å². The van der Waals surface area contributed by atoms with Crippen LogP contribution in [0.3, 0.4) is 0 Å². The van der Waals surface area contributed by atoms with Gasteiger partial charge < -0.3 is 5.11 Å². The van der Waals surface area contributed by atoms with E-state index in [-0.39, 0.29) is 22.3 Å². The SMILES string of the molecule is CC12CCC3C(CCC4=C/C(=N\NC(=O)c5ccc(C(=O)O)cc5)CCC43C)C1CCC2=O. The summed E-state index contributed by atoms with van der Waals surface area (Å²) >= 11 is 0. The molecule has 1 amide bonds. The van der Waals surface area contributed by atoms with E-state index in [1.807, 2.05) is 0 Å². The lowest BCUT2D eigenvalue weighted by molar-refractivity contribution is -0.132. The molecular formula is C27H32N2O4. The van der Waals surface area contributed by atoms with Gasteiger partial charge >= 0.3 is 5.97 Å². The fourth-order valence-corrected chi connectivity index (χ4v) is 7.38. The standard InChI is InChI=1S/C27H32N2O4/c1-26-13-11-19(28-29-24(31)16-3-5-17(6-4-16)25(32)33)15-18(26)7-8-20-21-9-10-23(30)27(21,2)14-12-22(20)26/h3-6,15,20-22H,7-14H2,1-2H3,(H,29,31)(H,32,33)/b28-19-. The molecule has 2 N–H and O–H groups in total.